The zero-order chi connectivity index (χ0) is 17.6. The van der Waals surface area contributed by atoms with Crippen LogP contribution >= 0.6 is 23.7 Å². The maximum atomic E-state index is 12.3. The maximum Gasteiger partial charge on any atom is 0.250 e. The molecule has 3 N–H and O–H groups in total. The van der Waals surface area contributed by atoms with E-state index in [-0.39, 0.29) is 28.9 Å². The smallest absolute Gasteiger partial charge is 0.250 e. The van der Waals surface area contributed by atoms with Gasteiger partial charge in [0, 0.05) is 18.0 Å². The van der Waals surface area contributed by atoms with Crippen LogP contribution in [-0.2, 0) is 26.5 Å². The van der Waals surface area contributed by atoms with Gasteiger partial charge >= 0.3 is 0 Å². The third-order valence-corrected chi connectivity index (χ3v) is 8.48. The molecule has 25 heavy (non-hydrogen) atoms. The van der Waals surface area contributed by atoms with Gasteiger partial charge in [-0.05, 0) is 57.3 Å². The van der Waals surface area contributed by atoms with Crippen molar-refractivity contribution in [3.63, 3.8) is 0 Å². The number of rotatable bonds is 10. The molecule has 1 saturated heterocycles. The van der Waals surface area contributed by atoms with Crippen LogP contribution in [0.1, 0.15) is 24.6 Å². The lowest BCUT2D eigenvalue weighted by atomic mass is 10.1. The first kappa shape index (κ1) is 22.8. The Morgan fingerprint density at radius 3 is 2.60 bits per heavy atom. The fraction of sp³-hybridized carbons (Fsp3) is 0.714. The van der Waals surface area contributed by atoms with E-state index in [1.54, 1.807) is 19.1 Å². The van der Waals surface area contributed by atoms with E-state index in [2.05, 4.69) is 14.8 Å². The van der Waals surface area contributed by atoms with Crippen LogP contribution in [0.25, 0.3) is 0 Å². The average Bonchev–Trinajstić information content (AvgIpc) is 3.19. The third kappa shape index (κ3) is 7.49. The van der Waals surface area contributed by atoms with Crippen molar-refractivity contribution in [1.29, 1.82) is 0 Å². The molecular weight excluding hydrogens is 406 g/mol. The van der Waals surface area contributed by atoms with Crippen LogP contribution in [0.4, 0.5) is 0 Å². The molecule has 0 amide bonds. The Labute approximate surface area is 160 Å². The van der Waals surface area contributed by atoms with Gasteiger partial charge in [-0.25, -0.2) is 26.3 Å². The lowest BCUT2D eigenvalue weighted by Crippen LogP contribution is -2.27. The van der Waals surface area contributed by atoms with Crippen molar-refractivity contribution < 1.29 is 16.8 Å². The molecule has 1 aromatic rings. The van der Waals surface area contributed by atoms with E-state index >= 15 is 0 Å². The lowest BCUT2D eigenvalue weighted by Gasteiger charge is -2.09. The summed E-state index contributed by atoms with van der Waals surface area (Å²) in [5.41, 5.74) is 0. The van der Waals surface area contributed by atoms with Gasteiger partial charge in [-0.1, -0.05) is 0 Å². The normalized spacial score (nSPS) is 18.2. The summed E-state index contributed by atoms with van der Waals surface area (Å²) in [6.07, 6.45) is 2.41. The molecule has 1 aromatic heterocycles. The second-order valence-corrected chi connectivity index (χ2v) is 11.1. The van der Waals surface area contributed by atoms with Gasteiger partial charge in [0.2, 0.25) is 20.0 Å². The van der Waals surface area contributed by atoms with E-state index in [4.69, 9.17) is 0 Å². The van der Waals surface area contributed by atoms with Crippen molar-refractivity contribution >= 4 is 43.8 Å². The summed E-state index contributed by atoms with van der Waals surface area (Å²) < 4.78 is 52.7. The number of hydrogen-bond donors (Lipinski definition) is 3. The van der Waals surface area contributed by atoms with Crippen LogP contribution in [0.3, 0.4) is 0 Å². The minimum Gasteiger partial charge on any atom is -0.316 e. The Bertz CT molecular complexity index is 728. The minimum atomic E-state index is -3.48. The van der Waals surface area contributed by atoms with Crippen molar-refractivity contribution in [2.24, 2.45) is 5.92 Å². The van der Waals surface area contributed by atoms with Gasteiger partial charge in [0.25, 0.3) is 0 Å². The topological polar surface area (TPSA) is 104 Å². The Balaban J connectivity index is 0.00000312. The van der Waals surface area contributed by atoms with Gasteiger partial charge in [-0.15, -0.1) is 23.7 Å². The van der Waals surface area contributed by atoms with Crippen LogP contribution in [0.15, 0.2) is 16.3 Å². The van der Waals surface area contributed by atoms with Crippen molar-refractivity contribution in [2.75, 3.05) is 31.9 Å². The predicted molar refractivity (Wildman–Crippen MR) is 104 cm³/mol. The van der Waals surface area contributed by atoms with Crippen LogP contribution in [-0.4, -0.2) is 48.8 Å². The SMILES string of the molecule is CCS(=O)(=O)NCCc1ccc(S(=O)(=O)NCCC2CCNC2)s1.Cl. The van der Waals surface area contributed by atoms with Crippen molar-refractivity contribution in [3.05, 3.63) is 17.0 Å². The highest BCUT2D eigenvalue weighted by Crippen LogP contribution is 2.22. The number of halogens is 1. The monoisotopic (exact) mass is 431 g/mol. The van der Waals surface area contributed by atoms with Crippen molar-refractivity contribution in [2.45, 2.75) is 30.4 Å². The molecule has 146 valence electrons. The number of hydrogen-bond acceptors (Lipinski definition) is 6. The maximum absolute atomic E-state index is 12.3. The van der Waals surface area contributed by atoms with Crippen molar-refractivity contribution in [3.8, 4) is 0 Å². The number of sulfonamides is 2. The number of nitrogens with one attached hydrogen (secondary N) is 3. The van der Waals surface area contributed by atoms with Crippen LogP contribution in [0.2, 0.25) is 0 Å². The largest absolute Gasteiger partial charge is 0.316 e. The van der Waals surface area contributed by atoms with Gasteiger partial charge in [0.15, 0.2) is 0 Å². The summed E-state index contributed by atoms with van der Waals surface area (Å²) in [7, 11) is -6.69. The minimum absolute atomic E-state index is 0. The molecule has 2 heterocycles. The molecule has 11 heteroatoms. The quantitative estimate of drug-likeness (QED) is 0.511. The second kappa shape index (κ2) is 10.2. The zero-order valence-electron chi connectivity index (χ0n) is 14.2. The van der Waals surface area contributed by atoms with Gasteiger partial charge in [-0.3, -0.25) is 0 Å². The summed E-state index contributed by atoms with van der Waals surface area (Å²) >= 11 is 1.18. The molecule has 0 spiro atoms. The fourth-order valence-corrected chi connectivity index (χ4v) is 5.56. The highest BCUT2D eigenvalue weighted by Gasteiger charge is 2.19. The molecule has 0 saturated carbocycles. The Kier molecular flexibility index (Phi) is 9.30. The molecule has 0 radical (unpaired) electrons. The van der Waals surface area contributed by atoms with E-state index < -0.39 is 20.0 Å². The van der Waals surface area contributed by atoms with E-state index in [9.17, 15) is 16.8 Å². The standard InChI is InChI=1S/C14H25N3O4S3.ClH/c1-2-23(18,19)16-10-7-13-3-4-14(22-13)24(20,21)17-9-6-12-5-8-15-11-12;/h3-4,12,15-17H,2,5-11H2,1H3;1H. The summed E-state index contributed by atoms with van der Waals surface area (Å²) in [6, 6.07) is 3.31. The van der Waals surface area contributed by atoms with Crippen LogP contribution in [0.5, 0.6) is 0 Å². The lowest BCUT2D eigenvalue weighted by molar-refractivity contribution is 0.520. The highest BCUT2D eigenvalue weighted by molar-refractivity contribution is 7.91. The predicted octanol–water partition coefficient (Wildman–Crippen LogP) is 0.930. The second-order valence-electron chi connectivity index (χ2n) is 5.81. The molecule has 7 nitrogen and oxygen atoms in total. The van der Waals surface area contributed by atoms with Crippen molar-refractivity contribution in [1.82, 2.24) is 14.8 Å². The summed E-state index contributed by atoms with van der Waals surface area (Å²) in [6.45, 7) is 4.26. The Hall–Kier alpha value is -0.230. The van der Waals surface area contributed by atoms with Gasteiger partial charge in [0.05, 0.1) is 5.75 Å². The van der Waals surface area contributed by atoms with E-state index in [1.807, 2.05) is 0 Å². The van der Waals surface area contributed by atoms with Gasteiger partial charge < -0.3 is 5.32 Å². The van der Waals surface area contributed by atoms with E-state index in [0.29, 0.717) is 18.9 Å². The fourth-order valence-electron chi connectivity index (χ4n) is 2.50. The van der Waals surface area contributed by atoms with Crippen LogP contribution in [0, 0.1) is 5.92 Å². The first-order valence-electron chi connectivity index (χ1n) is 8.09. The molecule has 1 aliphatic rings. The first-order valence-corrected chi connectivity index (χ1v) is 12.0. The van der Waals surface area contributed by atoms with Gasteiger partial charge in [-0.2, -0.15) is 0 Å². The molecule has 0 bridgehead atoms. The summed E-state index contributed by atoms with van der Waals surface area (Å²) in [5, 5.41) is 3.27. The van der Waals surface area contributed by atoms with Crippen LogP contribution < -0.4 is 14.8 Å². The Morgan fingerprint density at radius 2 is 1.96 bits per heavy atom. The molecule has 1 fully saturated rings. The molecule has 1 unspecified atom stereocenters. The summed E-state index contributed by atoms with van der Waals surface area (Å²) in [5.74, 6) is 0.579. The first-order chi connectivity index (χ1) is 11.3. The zero-order valence-corrected chi connectivity index (χ0v) is 17.4. The molecule has 2 rings (SSSR count). The molecular formula is C14H26ClN3O4S3. The Morgan fingerprint density at radius 1 is 1.20 bits per heavy atom. The molecule has 1 atom stereocenters. The average molecular weight is 432 g/mol. The molecule has 0 aromatic carbocycles. The van der Waals surface area contributed by atoms with E-state index in [0.717, 1.165) is 30.8 Å². The van der Waals surface area contributed by atoms with E-state index in [1.165, 1.54) is 11.3 Å². The highest BCUT2D eigenvalue weighted by atomic mass is 35.5. The molecule has 0 aliphatic carbocycles. The summed E-state index contributed by atoms with van der Waals surface area (Å²) in [4.78, 5) is 0.842. The van der Waals surface area contributed by atoms with Gasteiger partial charge in [0.1, 0.15) is 4.21 Å². The molecule has 1 aliphatic heterocycles. The third-order valence-electron chi connectivity index (χ3n) is 3.98. The number of thiophene rings is 1.